The second-order valence-corrected chi connectivity index (χ2v) is 5.08. The molecule has 132 valence electrons. The van der Waals surface area contributed by atoms with E-state index in [1.54, 1.807) is 18.2 Å². The van der Waals surface area contributed by atoms with Gasteiger partial charge in [-0.15, -0.1) is 0 Å². The highest BCUT2D eigenvalue weighted by molar-refractivity contribution is 5.77. The van der Waals surface area contributed by atoms with Gasteiger partial charge in [0.15, 0.2) is 29.7 Å². The van der Waals surface area contributed by atoms with Crippen molar-refractivity contribution < 1.29 is 32.5 Å². The van der Waals surface area contributed by atoms with Gasteiger partial charge in [0.2, 0.25) is 6.79 Å². The maximum absolute atomic E-state index is 13.4. The van der Waals surface area contributed by atoms with E-state index in [9.17, 15) is 13.6 Å². The molecule has 0 spiro atoms. The van der Waals surface area contributed by atoms with Crippen LogP contribution in [-0.2, 0) is 4.79 Å². The van der Waals surface area contributed by atoms with Crippen LogP contribution in [0.3, 0.4) is 0 Å². The standard InChI is InChI=1S/C17H15F2NO5/c18-11-1-3-14(13(19)7-11)23-9-17(21)20-5-6-22-12-2-4-15-16(8-12)25-10-24-15/h1-4,7-8H,5-6,9-10H2,(H,20,21). The summed E-state index contributed by atoms with van der Waals surface area (Å²) in [5, 5.41) is 2.56. The van der Waals surface area contributed by atoms with Gasteiger partial charge in [-0.05, 0) is 24.3 Å². The Kier molecular flexibility index (Phi) is 5.17. The lowest BCUT2D eigenvalue weighted by atomic mass is 10.3. The van der Waals surface area contributed by atoms with Crippen LogP contribution in [0.25, 0.3) is 0 Å². The largest absolute Gasteiger partial charge is 0.492 e. The normalized spacial score (nSPS) is 11.9. The topological polar surface area (TPSA) is 66.0 Å². The van der Waals surface area contributed by atoms with Gasteiger partial charge >= 0.3 is 0 Å². The fraction of sp³-hybridized carbons (Fsp3) is 0.235. The maximum atomic E-state index is 13.4. The monoisotopic (exact) mass is 351 g/mol. The highest BCUT2D eigenvalue weighted by atomic mass is 19.1. The minimum Gasteiger partial charge on any atom is -0.492 e. The van der Waals surface area contributed by atoms with Gasteiger partial charge in [-0.25, -0.2) is 8.78 Å². The van der Waals surface area contributed by atoms with E-state index in [1.165, 1.54) is 0 Å². The third-order valence-corrected chi connectivity index (χ3v) is 3.29. The van der Waals surface area contributed by atoms with Crippen molar-refractivity contribution in [3.8, 4) is 23.0 Å². The lowest BCUT2D eigenvalue weighted by Gasteiger charge is -2.09. The van der Waals surface area contributed by atoms with Crippen molar-refractivity contribution in [1.29, 1.82) is 0 Å². The lowest BCUT2D eigenvalue weighted by molar-refractivity contribution is -0.123. The van der Waals surface area contributed by atoms with Crippen LogP contribution >= 0.6 is 0 Å². The highest BCUT2D eigenvalue weighted by Gasteiger charge is 2.13. The molecule has 25 heavy (non-hydrogen) atoms. The number of nitrogens with one attached hydrogen (secondary N) is 1. The molecule has 2 aromatic rings. The summed E-state index contributed by atoms with van der Waals surface area (Å²) in [7, 11) is 0. The number of benzene rings is 2. The molecule has 0 radical (unpaired) electrons. The SMILES string of the molecule is O=C(COc1ccc(F)cc1F)NCCOc1ccc2c(c1)OCO2. The first-order chi connectivity index (χ1) is 12.1. The number of fused-ring (bicyclic) bond motifs is 1. The van der Waals surface area contributed by atoms with Crippen LogP contribution in [0.5, 0.6) is 23.0 Å². The molecule has 0 saturated heterocycles. The average Bonchev–Trinajstić information content (AvgIpc) is 3.05. The van der Waals surface area contributed by atoms with Gasteiger partial charge in [-0.1, -0.05) is 0 Å². The predicted molar refractivity (Wildman–Crippen MR) is 82.9 cm³/mol. The van der Waals surface area contributed by atoms with Crippen molar-refractivity contribution in [3.05, 3.63) is 48.0 Å². The van der Waals surface area contributed by atoms with Gasteiger partial charge in [-0.2, -0.15) is 0 Å². The summed E-state index contributed by atoms with van der Waals surface area (Å²) in [6, 6.07) is 8.03. The van der Waals surface area contributed by atoms with Gasteiger partial charge < -0.3 is 24.3 Å². The quantitative estimate of drug-likeness (QED) is 0.775. The first-order valence-corrected chi connectivity index (χ1v) is 7.49. The van der Waals surface area contributed by atoms with Crippen LogP contribution in [0.1, 0.15) is 0 Å². The smallest absolute Gasteiger partial charge is 0.258 e. The van der Waals surface area contributed by atoms with Gasteiger partial charge in [0, 0.05) is 12.1 Å². The maximum Gasteiger partial charge on any atom is 0.258 e. The fourth-order valence-electron chi connectivity index (χ4n) is 2.11. The second kappa shape index (κ2) is 7.69. The Morgan fingerprint density at radius 2 is 1.92 bits per heavy atom. The van der Waals surface area contributed by atoms with Crippen molar-refractivity contribution in [2.45, 2.75) is 0 Å². The molecule has 1 amide bonds. The van der Waals surface area contributed by atoms with Crippen LogP contribution in [0, 0.1) is 11.6 Å². The molecule has 1 aliphatic heterocycles. The Morgan fingerprint density at radius 1 is 1.08 bits per heavy atom. The number of ether oxygens (including phenoxy) is 4. The number of carbonyl (C=O) groups excluding carboxylic acids is 1. The van der Waals surface area contributed by atoms with Crippen LogP contribution in [0.4, 0.5) is 8.78 Å². The number of carbonyl (C=O) groups is 1. The van der Waals surface area contributed by atoms with Crippen molar-refractivity contribution in [2.24, 2.45) is 0 Å². The van der Waals surface area contributed by atoms with E-state index < -0.39 is 17.5 Å². The average molecular weight is 351 g/mol. The Morgan fingerprint density at radius 3 is 2.76 bits per heavy atom. The van der Waals surface area contributed by atoms with Gasteiger partial charge in [0.25, 0.3) is 5.91 Å². The van der Waals surface area contributed by atoms with Crippen molar-refractivity contribution in [2.75, 3.05) is 26.6 Å². The Labute approximate surface area is 142 Å². The van der Waals surface area contributed by atoms with Crippen LogP contribution in [-0.4, -0.2) is 32.5 Å². The molecule has 2 aromatic carbocycles. The molecule has 0 unspecified atom stereocenters. The number of hydrogen-bond acceptors (Lipinski definition) is 5. The molecule has 8 heteroatoms. The third kappa shape index (κ3) is 4.50. The molecule has 6 nitrogen and oxygen atoms in total. The molecule has 0 bridgehead atoms. The number of halogens is 2. The van der Waals surface area contributed by atoms with Crippen LogP contribution in [0.15, 0.2) is 36.4 Å². The zero-order valence-electron chi connectivity index (χ0n) is 13.1. The Hall–Kier alpha value is -3.03. The number of hydrogen-bond donors (Lipinski definition) is 1. The molecule has 0 fully saturated rings. The van der Waals surface area contributed by atoms with E-state index in [4.69, 9.17) is 18.9 Å². The summed E-state index contributed by atoms with van der Waals surface area (Å²) in [5.74, 6) is -0.356. The van der Waals surface area contributed by atoms with Crippen molar-refractivity contribution >= 4 is 5.91 Å². The highest BCUT2D eigenvalue weighted by Crippen LogP contribution is 2.34. The third-order valence-electron chi connectivity index (χ3n) is 3.29. The summed E-state index contributed by atoms with van der Waals surface area (Å²) < 4.78 is 47.0. The Balaban J connectivity index is 1.36. The van der Waals surface area contributed by atoms with Crippen molar-refractivity contribution in [1.82, 2.24) is 5.32 Å². The zero-order valence-corrected chi connectivity index (χ0v) is 13.1. The predicted octanol–water partition coefficient (Wildman–Crippen LogP) is 2.27. The zero-order chi connectivity index (χ0) is 17.6. The lowest BCUT2D eigenvalue weighted by Crippen LogP contribution is -2.32. The van der Waals surface area contributed by atoms with E-state index in [1.807, 2.05) is 0 Å². The first kappa shape index (κ1) is 16.8. The summed E-state index contributed by atoms with van der Waals surface area (Å²) in [4.78, 5) is 11.6. The summed E-state index contributed by atoms with van der Waals surface area (Å²) >= 11 is 0. The van der Waals surface area contributed by atoms with Crippen LogP contribution in [0.2, 0.25) is 0 Å². The van der Waals surface area contributed by atoms with Crippen molar-refractivity contribution in [3.63, 3.8) is 0 Å². The first-order valence-electron chi connectivity index (χ1n) is 7.49. The van der Waals surface area contributed by atoms with Gasteiger partial charge in [0.1, 0.15) is 18.2 Å². The summed E-state index contributed by atoms with van der Waals surface area (Å²) in [6.07, 6.45) is 0. The second-order valence-electron chi connectivity index (χ2n) is 5.08. The number of amides is 1. The van der Waals surface area contributed by atoms with E-state index in [2.05, 4.69) is 5.32 Å². The molecule has 0 saturated carbocycles. The minimum atomic E-state index is -0.862. The molecule has 1 heterocycles. The summed E-state index contributed by atoms with van der Waals surface area (Å²) in [6.45, 7) is 0.273. The van der Waals surface area contributed by atoms with E-state index >= 15 is 0 Å². The summed E-state index contributed by atoms with van der Waals surface area (Å²) in [5.41, 5.74) is 0. The van der Waals surface area contributed by atoms with Gasteiger partial charge in [0.05, 0.1) is 6.54 Å². The van der Waals surface area contributed by atoms with E-state index in [-0.39, 0.29) is 32.3 Å². The molecular weight excluding hydrogens is 336 g/mol. The number of rotatable bonds is 7. The Bertz CT molecular complexity index is 769. The molecule has 3 rings (SSSR count). The van der Waals surface area contributed by atoms with E-state index in [0.717, 1.165) is 12.1 Å². The molecular formula is C17H15F2NO5. The minimum absolute atomic E-state index is 0.184. The molecule has 0 atom stereocenters. The van der Waals surface area contributed by atoms with Gasteiger partial charge in [-0.3, -0.25) is 4.79 Å². The van der Waals surface area contributed by atoms with E-state index in [0.29, 0.717) is 23.3 Å². The molecule has 0 aliphatic carbocycles. The molecule has 1 N–H and O–H groups in total. The fourth-order valence-corrected chi connectivity index (χ4v) is 2.11. The molecule has 0 aromatic heterocycles. The van der Waals surface area contributed by atoms with Crippen LogP contribution < -0.4 is 24.3 Å². The molecule has 1 aliphatic rings.